The second-order valence-electron chi connectivity index (χ2n) is 5.10. The van der Waals surface area contributed by atoms with Gasteiger partial charge in [-0.3, -0.25) is 5.10 Å². The van der Waals surface area contributed by atoms with Gasteiger partial charge in [-0.25, -0.2) is 4.98 Å². The first-order chi connectivity index (χ1) is 11.8. The fourth-order valence-electron chi connectivity index (χ4n) is 2.47. The van der Waals surface area contributed by atoms with E-state index in [2.05, 4.69) is 36.8 Å². The van der Waals surface area contributed by atoms with Crippen LogP contribution in [0.3, 0.4) is 0 Å². The third-order valence-electron chi connectivity index (χ3n) is 3.65. The fourth-order valence-corrected chi connectivity index (χ4v) is 2.47. The Bertz CT molecular complexity index is 861. The molecule has 0 bridgehead atoms. The lowest BCUT2D eigenvalue weighted by Gasteiger charge is -2.11. The van der Waals surface area contributed by atoms with Gasteiger partial charge >= 0.3 is 0 Å². The van der Waals surface area contributed by atoms with E-state index in [1.54, 1.807) is 18.4 Å². The molecule has 3 aromatic rings. The van der Waals surface area contributed by atoms with Crippen molar-refractivity contribution in [2.24, 2.45) is 0 Å². The Morgan fingerprint density at radius 3 is 2.83 bits per heavy atom. The third kappa shape index (κ3) is 2.96. The first-order valence-electron chi connectivity index (χ1n) is 7.74. The molecule has 8 heteroatoms. The zero-order chi connectivity index (χ0) is 16.9. The highest BCUT2D eigenvalue weighted by atomic mass is 16.3. The van der Waals surface area contributed by atoms with Crippen molar-refractivity contribution in [3.8, 4) is 17.7 Å². The Hall–Kier alpha value is -3.21. The molecule has 0 spiro atoms. The van der Waals surface area contributed by atoms with Crippen LogP contribution in [-0.4, -0.2) is 25.4 Å². The normalized spacial score (nSPS) is 10.5. The molecule has 0 amide bonds. The molecular formula is C16H17N7O. The summed E-state index contributed by atoms with van der Waals surface area (Å²) in [6.07, 6.45) is 3.06. The van der Waals surface area contributed by atoms with Crippen molar-refractivity contribution in [1.82, 2.24) is 25.4 Å². The molecule has 3 rings (SSSR count). The zero-order valence-corrected chi connectivity index (χ0v) is 13.5. The molecule has 0 unspecified atom stereocenters. The summed E-state index contributed by atoms with van der Waals surface area (Å²) in [6, 6.07) is 5.79. The molecule has 8 nitrogen and oxygen atoms in total. The van der Waals surface area contributed by atoms with Crippen LogP contribution in [0.15, 0.2) is 22.8 Å². The minimum absolute atomic E-state index is 0.353. The van der Waals surface area contributed by atoms with Gasteiger partial charge in [-0.05, 0) is 30.5 Å². The van der Waals surface area contributed by atoms with E-state index < -0.39 is 0 Å². The summed E-state index contributed by atoms with van der Waals surface area (Å²) in [5, 5.41) is 27.9. The standard InChI is InChI=1S/C16H17N7O/c1-3-10-11(8-17)15(22-20-12(10)4-2)18-9-14-19-16(23-21-14)13-6-5-7-24-13/h5-7H,3-4,9H2,1-2H3,(H,18,22)(H,19,21,23). The van der Waals surface area contributed by atoms with Crippen LogP contribution in [0.2, 0.25) is 0 Å². The lowest BCUT2D eigenvalue weighted by atomic mass is 10.0. The lowest BCUT2D eigenvalue weighted by Crippen LogP contribution is -2.10. The summed E-state index contributed by atoms with van der Waals surface area (Å²) >= 11 is 0. The molecule has 24 heavy (non-hydrogen) atoms. The summed E-state index contributed by atoms with van der Waals surface area (Å²) in [7, 11) is 0. The Kier molecular flexibility index (Phi) is 4.52. The van der Waals surface area contributed by atoms with E-state index >= 15 is 0 Å². The number of aryl methyl sites for hydroxylation is 1. The number of hydrogen-bond donors (Lipinski definition) is 2. The van der Waals surface area contributed by atoms with Gasteiger partial charge in [0.2, 0.25) is 5.82 Å². The van der Waals surface area contributed by atoms with Crippen LogP contribution in [0.25, 0.3) is 11.6 Å². The fraction of sp³-hybridized carbons (Fsp3) is 0.312. The maximum atomic E-state index is 9.47. The number of aromatic nitrogens is 5. The average Bonchev–Trinajstić information content (AvgIpc) is 3.29. The van der Waals surface area contributed by atoms with E-state index in [9.17, 15) is 5.26 Å². The smallest absolute Gasteiger partial charge is 0.216 e. The number of nitriles is 1. The maximum absolute atomic E-state index is 9.47. The first kappa shape index (κ1) is 15.7. The van der Waals surface area contributed by atoms with Gasteiger partial charge in [0.15, 0.2) is 11.6 Å². The van der Waals surface area contributed by atoms with Gasteiger partial charge < -0.3 is 9.73 Å². The minimum atomic E-state index is 0.353. The van der Waals surface area contributed by atoms with Crippen molar-refractivity contribution in [1.29, 1.82) is 5.26 Å². The zero-order valence-electron chi connectivity index (χ0n) is 13.5. The molecule has 0 aliphatic carbocycles. The van der Waals surface area contributed by atoms with E-state index in [-0.39, 0.29) is 0 Å². The topological polar surface area (TPSA) is 116 Å². The Morgan fingerprint density at radius 1 is 1.29 bits per heavy atom. The summed E-state index contributed by atoms with van der Waals surface area (Å²) in [5.41, 5.74) is 2.33. The van der Waals surface area contributed by atoms with Gasteiger partial charge in [-0.15, -0.1) is 10.2 Å². The molecule has 3 aromatic heterocycles. The van der Waals surface area contributed by atoms with Crippen LogP contribution in [0, 0.1) is 11.3 Å². The maximum Gasteiger partial charge on any atom is 0.216 e. The van der Waals surface area contributed by atoms with Crippen molar-refractivity contribution in [2.45, 2.75) is 33.2 Å². The molecular weight excluding hydrogens is 306 g/mol. The Balaban J connectivity index is 1.79. The van der Waals surface area contributed by atoms with Crippen molar-refractivity contribution < 1.29 is 4.42 Å². The molecule has 0 fully saturated rings. The molecule has 122 valence electrons. The molecule has 0 saturated carbocycles. The summed E-state index contributed by atoms with van der Waals surface area (Å²) < 4.78 is 5.26. The Morgan fingerprint density at radius 2 is 2.17 bits per heavy atom. The van der Waals surface area contributed by atoms with Gasteiger partial charge in [-0.2, -0.15) is 10.4 Å². The number of anilines is 1. The number of furan rings is 1. The monoisotopic (exact) mass is 323 g/mol. The van der Waals surface area contributed by atoms with Gasteiger partial charge in [-0.1, -0.05) is 13.8 Å². The number of nitrogens with one attached hydrogen (secondary N) is 2. The number of H-pyrrole nitrogens is 1. The van der Waals surface area contributed by atoms with Crippen molar-refractivity contribution in [3.05, 3.63) is 41.0 Å². The minimum Gasteiger partial charge on any atom is -0.461 e. The van der Waals surface area contributed by atoms with Crippen LogP contribution in [0.5, 0.6) is 0 Å². The van der Waals surface area contributed by atoms with Crippen molar-refractivity contribution in [3.63, 3.8) is 0 Å². The number of aromatic amines is 1. The second kappa shape index (κ2) is 6.91. The molecule has 0 aromatic carbocycles. The van der Waals surface area contributed by atoms with Crippen molar-refractivity contribution in [2.75, 3.05) is 5.32 Å². The Labute approximate surface area is 138 Å². The van der Waals surface area contributed by atoms with Crippen LogP contribution < -0.4 is 5.32 Å². The van der Waals surface area contributed by atoms with Crippen LogP contribution >= 0.6 is 0 Å². The molecule has 0 aliphatic heterocycles. The summed E-state index contributed by atoms with van der Waals surface area (Å²) in [6.45, 7) is 4.36. The largest absolute Gasteiger partial charge is 0.461 e. The third-order valence-corrected chi connectivity index (χ3v) is 3.65. The van der Waals surface area contributed by atoms with Gasteiger partial charge in [0.1, 0.15) is 17.5 Å². The van der Waals surface area contributed by atoms with E-state index in [0.717, 1.165) is 24.1 Å². The number of nitrogens with zero attached hydrogens (tertiary/aromatic N) is 5. The molecule has 3 heterocycles. The van der Waals surface area contributed by atoms with Crippen LogP contribution in [0.4, 0.5) is 5.82 Å². The van der Waals surface area contributed by atoms with Gasteiger partial charge in [0.05, 0.1) is 18.5 Å². The van der Waals surface area contributed by atoms with E-state index in [1.165, 1.54) is 0 Å². The molecule has 2 N–H and O–H groups in total. The molecule has 0 aliphatic rings. The average molecular weight is 323 g/mol. The molecule has 0 saturated heterocycles. The van der Waals surface area contributed by atoms with E-state index in [4.69, 9.17) is 4.42 Å². The molecule has 0 radical (unpaired) electrons. The summed E-state index contributed by atoms with van der Waals surface area (Å²) in [5.74, 6) is 2.15. The van der Waals surface area contributed by atoms with Gasteiger partial charge in [0.25, 0.3) is 0 Å². The SMILES string of the molecule is CCc1nnc(NCc2nc(-c3ccco3)n[nH]2)c(C#N)c1CC. The van der Waals surface area contributed by atoms with Crippen LogP contribution in [-0.2, 0) is 19.4 Å². The number of hydrogen-bond acceptors (Lipinski definition) is 7. The van der Waals surface area contributed by atoms with Crippen molar-refractivity contribution >= 4 is 5.82 Å². The van der Waals surface area contributed by atoms with Gasteiger partial charge in [0, 0.05) is 0 Å². The lowest BCUT2D eigenvalue weighted by molar-refractivity contribution is 0.577. The van der Waals surface area contributed by atoms with E-state index in [0.29, 0.717) is 35.3 Å². The van der Waals surface area contributed by atoms with E-state index in [1.807, 2.05) is 13.8 Å². The predicted octanol–water partition coefficient (Wildman–Crippen LogP) is 2.46. The quantitative estimate of drug-likeness (QED) is 0.715. The molecule has 0 atom stereocenters. The predicted molar refractivity (Wildman–Crippen MR) is 86.9 cm³/mol. The highest BCUT2D eigenvalue weighted by molar-refractivity contribution is 5.56. The summed E-state index contributed by atoms with van der Waals surface area (Å²) in [4.78, 5) is 4.35. The highest BCUT2D eigenvalue weighted by Crippen LogP contribution is 2.20. The second-order valence-corrected chi connectivity index (χ2v) is 5.10. The number of rotatable bonds is 6. The van der Waals surface area contributed by atoms with Crippen LogP contribution in [0.1, 0.15) is 36.5 Å². The first-order valence-corrected chi connectivity index (χ1v) is 7.74. The highest BCUT2D eigenvalue weighted by Gasteiger charge is 2.15.